The van der Waals surface area contributed by atoms with Gasteiger partial charge in [0.15, 0.2) is 0 Å². The molecule has 0 aliphatic rings. The molecule has 3 rings (SSSR count). The summed E-state index contributed by atoms with van der Waals surface area (Å²) in [6.07, 6.45) is 6.25. The predicted molar refractivity (Wildman–Crippen MR) is 147 cm³/mol. The molecule has 0 amide bonds. The number of ether oxygens (including phenoxy) is 2. The van der Waals surface area contributed by atoms with Gasteiger partial charge in [-0.2, -0.15) is 0 Å². The van der Waals surface area contributed by atoms with Crippen LogP contribution in [-0.4, -0.2) is 36.6 Å². The largest absolute Gasteiger partial charge is 0.491 e. The van der Waals surface area contributed by atoms with Crippen LogP contribution in [0.4, 0.5) is 0 Å². The van der Waals surface area contributed by atoms with Crippen molar-refractivity contribution in [1.82, 2.24) is 0 Å². The summed E-state index contributed by atoms with van der Waals surface area (Å²) in [4.78, 5) is 0. The molecule has 0 spiro atoms. The number of hydrogen-bond acceptors (Lipinski definition) is 4. The van der Waals surface area contributed by atoms with E-state index in [9.17, 15) is 10.2 Å². The van der Waals surface area contributed by atoms with Crippen LogP contribution in [0.2, 0.25) is 0 Å². The number of hydrogen-bond donors (Lipinski definition) is 2. The van der Waals surface area contributed by atoms with Gasteiger partial charge in [0.25, 0.3) is 0 Å². The summed E-state index contributed by atoms with van der Waals surface area (Å²) < 4.78 is 11.8. The van der Waals surface area contributed by atoms with Gasteiger partial charge in [0.2, 0.25) is 0 Å². The minimum atomic E-state index is -0.381. The topological polar surface area (TPSA) is 58.9 Å². The maximum atomic E-state index is 9.29. The molecule has 0 aromatic heterocycles. The van der Waals surface area contributed by atoms with E-state index in [-0.39, 0.29) is 18.6 Å². The standard InChI is InChI=1S/C32H42O4/c1-4-6-11-25-23-28(15-17-30(25)35-21-19-33)32(3,27-13-9-8-10-14-27)29-16-18-31(36-22-20-34)26(24-29)12-7-5-2/h8-10,13-18,23-24,33-34H,4-7,11-12,19-22H2,1-3H3. The molecule has 0 heterocycles. The SMILES string of the molecule is CCCCc1cc(C(C)(c2ccccc2)c2ccc(OCCO)c(CCCC)c2)ccc1OCCO. The molecule has 0 radical (unpaired) electrons. The molecule has 0 unspecified atom stereocenters. The Kier molecular flexibility index (Phi) is 10.8. The highest BCUT2D eigenvalue weighted by Gasteiger charge is 2.32. The fourth-order valence-electron chi connectivity index (χ4n) is 4.77. The van der Waals surface area contributed by atoms with Crippen LogP contribution >= 0.6 is 0 Å². The third-order valence-corrected chi connectivity index (χ3v) is 6.92. The molecule has 0 atom stereocenters. The lowest BCUT2D eigenvalue weighted by Crippen LogP contribution is -2.26. The van der Waals surface area contributed by atoms with E-state index in [0.717, 1.165) is 50.0 Å². The Balaban J connectivity index is 2.16. The van der Waals surface area contributed by atoms with Crippen molar-refractivity contribution in [2.45, 2.75) is 64.7 Å². The second kappa shape index (κ2) is 14.1. The molecule has 4 heteroatoms. The minimum absolute atomic E-state index is 0.00192. The Morgan fingerprint density at radius 2 is 1.11 bits per heavy atom. The summed E-state index contributed by atoms with van der Waals surface area (Å²) in [6, 6.07) is 23.7. The Bertz CT molecular complexity index is 998. The van der Waals surface area contributed by atoms with Crippen molar-refractivity contribution >= 4 is 0 Å². The van der Waals surface area contributed by atoms with E-state index in [1.807, 2.05) is 0 Å². The average Bonchev–Trinajstić information content (AvgIpc) is 2.93. The molecule has 0 aliphatic carbocycles. The quantitative estimate of drug-likeness (QED) is 0.240. The lowest BCUT2D eigenvalue weighted by molar-refractivity contribution is 0.200. The van der Waals surface area contributed by atoms with Gasteiger partial charge in [-0.1, -0.05) is 81.3 Å². The van der Waals surface area contributed by atoms with Gasteiger partial charge in [0, 0.05) is 5.41 Å². The van der Waals surface area contributed by atoms with Crippen LogP contribution in [0.5, 0.6) is 11.5 Å². The Morgan fingerprint density at radius 3 is 1.53 bits per heavy atom. The molecule has 2 N–H and O–H groups in total. The second-order valence-corrected chi connectivity index (χ2v) is 9.49. The monoisotopic (exact) mass is 490 g/mol. The number of unbranched alkanes of at least 4 members (excludes halogenated alkanes) is 2. The molecule has 0 aliphatic heterocycles. The summed E-state index contributed by atoms with van der Waals surface area (Å²) in [7, 11) is 0. The van der Waals surface area contributed by atoms with Gasteiger partial charge in [-0.25, -0.2) is 0 Å². The van der Waals surface area contributed by atoms with Crippen LogP contribution in [0, 0.1) is 0 Å². The van der Waals surface area contributed by atoms with E-state index in [1.54, 1.807) is 0 Å². The normalized spacial score (nSPS) is 11.5. The van der Waals surface area contributed by atoms with Crippen LogP contribution in [0.15, 0.2) is 66.7 Å². The zero-order valence-electron chi connectivity index (χ0n) is 22.1. The first-order chi connectivity index (χ1) is 17.6. The van der Waals surface area contributed by atoms with Crippen LogP contribution in [0.25, 0.3) is 0 Å². The van der Waals surface area contributed by atoms with E-state index in [2.05, 4.69) is 87.5 Å². The summed E-state index contributed by atoms with van der Waals surface area (Å²) in [6.45, 7) is 7.29. The lowest BCUT2D eigenvalue weighted by atomic mass is 9.70. The molecule has 194 valence electrons. The fraction of sp³-hybridized carbons (Fsp3) is 0.438. The van der Waals surface area contributed by atoms with Crippen molar-refractivity contribution in [3.8, 4) is 11.5 Å². The van der Waals surface area contributed by atoms with Crippen LogP contribution in [-0.2, 0) is 18.3 Å². The molecule has 0 fully saturated rings. The molecule has 3 aromatic carbocycles. The van der Waals surface area contributed by atoms with Gasteiger partial charge in [0.05, 0.1) is 13.2 Å². The Labute approximate surface area is 216 Å². The summed E-state index contributed by atoms with van der Waals surface area (Å²) in [5.74, 6) is 1.71. The highest BCUT2D eigenvalue weighted by Crippen LogP contribution is 2.42. The number of aliphatic hydroxyl groups excluding tert-OH is 2. The highest BCUT2D eigenvalue weighted by atomic mass is 16.5. The summed E-state index contributed by atoms with van der Waals surface area (Å²) in [5, 5.41) is 18.6. The molecular weight excluding hydrogens is 448 g/mol. The first kappa shape index (κ1) is 27.8. The van der Waals surface area contributed by atoms with Gasteiger partial charge in [0.1, 0.15) is 24.7 Å². The van der Waals surface area contributed by atoms with E-state index in [0.29, 0.717) is 13.2 Å². The zero-order chi connectivity index (χ0) is 25.8. The Morgan fingerprint density at radius 1 is 0.639 bits per heavy atom. The zero-order valence-corrected chi connectivity index (χ0v) is 22.1. The van der Waals surface area contributed by atoms with E-state index < -0.39 is 0 Å². The van der Waals surface area contributed by atoms with Crippen molar-refractivity contribution in [3.05, 3.63) is 94.5 Å². The molecule has 0 bridgehead atoms. The van der Waals surface area contributed by atoms with E-state index in [4.69, 9.17) is 9.47 Å². The molecule has 36 heavy (non-hydrogen) atoms. The predicted octanol–water partition coefficient (Wildman–Crippen LogP) is 6.47. The van der Waals surface area contributed by atoms with Crippen molar-refractivity contribution in [2.75, 3.05) is 26.4 Å². The van der Waals surface area contributed by atoms with Gasteiger partial charge < -0.3 is 19.7 Å². The molecule has 0 saturated heterocycles. The van der Waals surface area contributed by atoms with Crippen molar-refractivity contribution in [3.63, 3.8) is 0 Å². The highest BCUT2D eigenvalue weighted by molar-refractivity contribution is 5.54. The van der Waals surface area contributed by atoms with Crippen LogP contribution in [0.3, 0.4) is 0 Å². The van der Waals surface area contributed by atoms with E-state index >= 15 is 0 Å². The molecule has 4 nitrogen and oxygen atoms in total. The van der Waals surface area contributed by atoms with Crippen LogP contribution < -0.4 is 9.47 Å². The van der Waals surface area contributed by atoms with Gasteiger partial charge in [-0.3, -0.25) is 0 Å². The molecule has 0 saturated carbocycles. The Hall–Kier alpha value is -2.82. The fourth-order valence-corrected chi connectivity index (χ4v) is 4.77. The third kappa shape index (κ3) is 6.68. The summed E-state index contributed by atoms with van der Waals surface area (Å²) >= 11 is 0. The maximum absolute atomic E-state index is 9.29. The first-order valence-electron chi connectivity index (χ1n) is 13.4. The third-order valence-electron chi connectivity index (χ3n) is 6.92. The van der Waals surface area contributed by atoms with Gasteiger partial charge in [-0.05, 0) is 72.6 Å². The van der Waals surface area contributed by atoms with Crippen molar-refractivity contribution < 1.29 is 19.7 Å². The number of rotatable bonds is 15. The second-order valence-electron chi connectivity index (χ2n) is 9.49. The number of aryl methyl sites for hydroxylation is 2. The number of benzene rings is 3. The van der Waals surface area contributed by atoms with Gasteiger partial charge >= 0.3 is 0 Å². The van der Waals surface area contributed by atoms with Gasteiger partial charge in [-0.15, -0.1) is 0 Å². The molecular formula is C32H42O4. The average molecular weight is 491 g/mol. The maximum Gasteiger partial charge on any atom is 0.122 e. The molecule has 3 aromatic rings. The number of aliphatic hydroxyl groups is 2. The summed E-state index contributed by atoms with van der Waals surface area (Å²) in [5.41, 5.74) is 5.62. The van der Waals surface area contributed by atoms with Crippen molar-refractivity contribution in [1.29, 1.82) is 0 Å². The lowest BCUT2D eigenvalue weighted by Gasteiger charge is -2.33. The first-order valence-corrected chi connectivity index (χ1v) is 13.4. The minimum Gasteiger partial charge on any atom is -0.491 e. The van der Waals surface area contributed by atoms with E-state index in [1.165, 1.54) is 27.8 Å². The van der Waals surface area contributed by atoms with Crippen LogP contribution in [0.1, 0.15) is 74.3 Å². The smallest absolute Gasteiger partial charge is 0.122 e. The van der Waals surface area contributed by atoms with Crippen molar-refractivity contribution in [2.24, 2.45) is 0 Å².